The van der Waals surface area contributed by atoms with Crippen LogP contribution in [0.3, 0.4) is 0 Å². The molecule has 92 valence electrons. The lowest BCUT2D eigenvalue weighted by Gasteiger charge is -2.37. The van der Waals surface area contributed by atoms with Gasteiger partial charge in [-0.1, -0.05) is 13.0 Å². The van der Waals surface area contributed by atoms with E-state index in [4.69, 9.17) is 14.2 Å². The minimum Gasteiger partial charge on any atom is -0.384 e. The van der Waals surface area contributed by atoms with Crippen LogP contribution in [-0.4, -0.2) is 40.6 Å². The van der Waals surface area contributed by atoms with Gasteiger partial charge in [-0.05, 0) is 17.9 Å². The Bertz CT molecular complexity index is 274. The molecule has 0 amide bonds. The molecule has 3 unspecified atom stereocenters. The van der Waals surface area contributed by atoms with Crippen molar-refractivity contribution in [2.75, 3.05) is 40.6 Å². The van der Waals surface area contributed by atoms with Gasteiger partial charge in [-0.25, -0.2) is 0 Å². The molecule has 3 nitrogen and oxygen atoms in total. The van der Waals surface area contributed by atoms with Crippen molar-refractivity contribution >= 4 is 0 Å². The second kappa shape index (κ2) is 4.86. The van der Waals surface area contributed by atoms with Crippen molar-refractivity contribution < 1.29 is 14.2 Å². The zero-order valence-corrected chi connectivity index (χ0v) is 10.5. The topological polar surface area (TPSA) is 27.7 Å². The maximum absolute atomic E-state index is 5.60. The lowest BCUT2D eigenvalue weighted by molar-refractivity contribution is 0.0534. The highest BCUT2D eigenvalue weighted by Crippen LogP contribution is 2.46. The Morgan fingerprint density at radius 2 is 2.12 bits per heavy atom. The van der Waals surface area contributed by atoms with Gasteiger partial charge in [0.1, 0.15) is 0 Å². The van der Waals surface area contributed by atoms with E-state index in [2.05, 4.69) is 13.0 Å². The van der Waals surface area contributed by atoms with Gasteiger partial charge in [0, 0.05) is 32.2 Å². The van der Waals surface area contributed by atoms with Gasteiger partial charge in [0.05, 0.1) is 19.8 Å². The van der Waals surface area contributed by atoms with Gasteiger partial charge in [-0.2, -0.15) is 0 Å². The minimum atomic E-state index is 0.243. The van der Waals surface area contributed by atoms with Crippen molar-refractivity contribution in [1.29, 1.82) is 0 Å². The molecule has 0 saturated carbocycles. The number of ether oxygens (including phenoxy) is 3. The quantitative estimate of drug-likeness (QED) is 0.685. The van der Waals surface area contributed by atoms with Gasteiger partial charge in [0.25, 0.3) is 0 Å². The largest absolute Gasteiger partial charge is 0.384 e. The first-order valence-corrected chi connectivity index (χ1v) is 5.96. The fraction of sp³-hybridized carbons (Fsp3) is 0.846. The third-order valence-corrected chi connectivity index (χ3v) is 3.93. The Hall–Kier alpha value is -0.380. The maximum Gasteiger partial charge on any atom is 0.0683 e. The van der Waals surface area contributed by atoms with Crippen molar-refractivity contribution in [2.45, 2.75) is 13.3 Å². The summed E-state index contributed by atoms with van der Waals surface area (Å²) < 4.78 is 16.2. The number of fused-ring (bicyclic) bond motifs is 1. The van der Waals surface area contributed by atoms with E-state index in [-0.39, 0.29) is 5.41 Å². The van der Waals surface area contributed by atoms with Crippen molar-refractivity contribution in [3.63, 3.8) is 0 Å². The molecule has 1 fully saturated rings. The summed E-state index contributed by atoms with van der Waals surface area (Å²) in [6, 6.07) is 0. The molecule has 1 aliphatic heterocycles. The smallest absolute Gasteiger partial charge is 0.0683 e. The molecule has 2 rings (SSSR count). The first-order valence-electron chi connectivity index (χ1n) is 5.96. The molecular weight excluding hydrogens is 204 g/mol. The third kappa shape index (κ3) is 2.17. The first-order chi connectivity index (χ1) is 7.69. The van der Waals surface area contributed by atoms with Crippen LogP contribution < -0.4 is 0 Å². The third-order valence-electron chi connectivity index (χ3n) is 3.93. The van der Waals surface area contributed by atoms with Crippen molar-refractivity contribution in [3.8, 4) is 0 Å². The van der Waals surface area contributed by atoms with Crippen molar-refractivity contribution in [2.24, 2.45) is 17.3 Å². The van der Waals surface area contributed by atoms with E-state index in [1.165, 1.54) is 5.57 Å². The first kappa shape index (κ1) is 12.1. The summed E-state index contributed by atoms with van der Waals surface area (Å²) >= 11 is 0. The van der Waals surface area contributed by atoms with E-state index < -0.39 is 0 Å². The highest BCUT2D eigenvalue weighted by Gasteiger charge is 2.42. The van der Waals surface area contributed by atoms with E-state index in [0.29, 0.717) is 11.8 Å². The summed E-state index contributed by atoms with van der Waals surface area (Å²) in [6.07, 6.45) is 3.52. The van der Waals surface area contributed by atoms with Crippen LogP contribution in [0.4, 0.5) is 0 Å². The molecule has 1 saturated heterocycles. The summed E-state index contributed by atoms with van der Waals surface area (Å²) in [5.41, 5.74) is 1.70. The molecule has 3 heteroatoms. The molecule has 0 aromatic carbocycles. The van der Waals surface area contributed by atoms with Crippen LogP contribution in [0.15, 0.2) is 11.6 Å². The van der Waals surface area contributed by atoms with E-state index in [0.717, 1.165) is 32.8 Å². The molecule has 0 aromatic heterocycles. The van der Waals surface area contributed by atoms with Crippen LogP contribution in [0.1, 0.15) is 13.3 Å². The van der Waals surface area contributed by atoms with Crippen LogP contribution in [0.25, 0.3) is 0 Å². The Morgan fingerprint density at radius 3 is 2.81 bits per heavy atom. The molecule has 0 bridgehead atoms. The van der Waals surface area contributed by atoms with E-state index in [1.54, 1.807) is 14.2 Å². The summed E-state index contributed by atoms with van der Waals surface area (Å²) in [6.45, 7) is 5.56. The van der Waals surface area contributed by atoms with Crippen molar-refractivity contribution in [1.82, 2.24) is 0 Å². The Kier molecular flexibility index (Phi) is 3.67. The van der Waals surface area contributed by atoms with Crippen molar-refractivity contribution in [3.05, 3.63) is 11.6 Å². The average molecular weight is 226 g/mol. The molecule has 2 aliphatic rings. The number of hydrogen-bond donors (Lipinski definition) is 0. The predicted molar refractivity (Wildman–Crippen MR) is 62.4 cm³/mol. The Morgan fingerprint density at radius 1 is 1.38 bits per heavy atom. The molecule has 1 heterocycles. The molecule has 0 radical (unpaired) electrons. The van der Waals surface area contributed by atoms with Gasteiger partial charge in [-0.3, -0.25) is 0 Å². The number of methoxy groups -OCH3 is 2. The summed E-state index contributed by atoms with van der Waals surface area (Å²) in [4.78, 5) is 0. The standard InChI is InChI=1S/C13H22O3/c1-13-5-11(7-15-3)10(6-14-2)4-12(13)8-16-9-13/h4,10-11H,5-9H2,1-3H3. The predicted octanol–water partition coefficient (Wildman–Crippen LogP) is 1.88. The number of hydrogen-bond acceptors (Lipinski definition) is 3. The number of rotatable bonds is 4. The van der Waals surface area contributed by atoms with Crippen LogP contribution in [0.2, 0.25) is 0 Å². The maximum atomic E-state index is 5.60. The fourth-order valence-corrected chi connectivity index (χ4v) is 2.99. The molecule has 3 atom stereocenters. The zero-order chi connectivity index (χ0) is 11.6. The summed E-state index contributed by atoms with van der Waals surface area (Å²) in [7, 11) is 3.54. The SMILES string of the molecule is COCC1C=C2COCC2(C)CC1COC. The van der Waals surface area contributed by atoms with Gasteiger partial charge < -0.3 is 14.2 Å². The van der Waals surface area contributed by atoms with Crippen LogP contribution >= 0.6 is 0 Å². The van der Waals surface area contributed by atoms with Gasteiger partial charge in [-0.15, -0.1) is 0 Å². The highest BCUT2D eigenvalue weighted by molar-refractivity contribution is 5.23. The van der Waals surface area contributed by atoms with E-state index in [1.807, 2.05) is 0 Å². The average Bonchev–Trinajstić information content (AvgIpc) is 2.60. The van der Waals surface area contributed by atoms with E-state index in [9.17, 15) is 0 Å². The normalized spacial score (nSPS) is 38.3. The molecule has 0 spiro atoms. The molecule has 16 heavy (non-hydrogen) atoms. The van der Waals surface area contributed by atoms with Crippen LogP contribution in [0.5, 0.6) is 0 Å². The lowest BCUT2D eigenvalue weighted by Crippen LogP contribution is -2.35. The minimum absolute atomic E-state index is 0.243. The van der Waals surface area contributed by atoms with E-state index >= 15 is 0 Å². The lowest BCUT2D eigenvalue weighted by atomic mass is 9.68. The fourth-order valence-electron chi connectivity index (χ4n) is 2.99. The molecule has 0 N–H and O–H groups in total. The Labute approximate surface area is 97.8 Å². The Balaban J connectivity index is 2.16. The summed E-state index contributed by atoms with van der Waals surface area (Å²) in [5, 5.41) is 0. The summed E-state index contributed by atoms with van der Waals surface area (Å²) in [5.74, 6) is 1.04. The zero-order valence-electron chi connectivity index (χ0n) is 10.5. The molecular formula is C13H22O3. The molecule has 1 aliphatic carbocycles. The highest BCUT2D eigenvalue weighted by atomic mass is 16.5. The van der Waals surface area contributed by atoms with Crippen LogP contribution in [0, 0.1) is 17.3 Å². The van der Waals surface area contributed by atoms with Crippen LogP contribution in [-0.2, 0) is 14.2 Å². The van der Waals surface area contributed by atoms with Gasteiger partial charge in [0.15, 0.2) is 0 Å². The van der Waals surface area contributed by atoms with Gasteiger partial charge >= 0.3 is 0 Å². The monoisotopic (exact) mass is 226 g/mol. The van der Waals surface area contributed by atoms with Gasteiger partial charge in [0.2, 0.25) is 0 Å². The molecule has 0 aromatic rings. The second-order valence-electron chi connectivity index (χ2n) is 5.28. The second-order valence-corrected chi connectivity index (χ2v) is 5.28.